The maximum atomic E-state index is 13.3. The van der Waals surface area contributed by atoms with Crippen molar-refractivity contribution in [2.45, 2.75) is 37.7 Å². The van der Waals surface area contributed by atoms with Crippen LogP contribution in [0, 0.1) is 5.82 Å². The molecular weight excluding hydrogens is 289 g/mol. The largest absolute Gasteiger partial charge is 0.388 e. The van der Waals surface area contributed by atoms with Crippen molar-refractivity contribution >= 4 is 17.7 Å². The summed E-state index contributed by atoms with van der Waals surface area (Å²) in [6.45, 7) is 3.78. The molecular formula is C16H22FNO2S. The summed E-state index contributed by atoms with van der Waals surface area (Å²) in [6.07, 6.45) is 1.39. The van der Waals surface area contributed by atoms with Crippen LogP contribution in [0.3, 0.4) is 0 Å². The number of halogens is 1. The summed E-state index contributed by atoms with van der Waals surface area (Å²) < 4.78 is 13.3. The molecule has 1 aromatic carbocycles. The van der Waals surface area contributed by atoms with Crippen LogP contribution in [-0.4, -0.2) is 34.7 Å². The lowest BCUT2D eigenvalue weighted by atomic mass is 9.83. The van der Waals surface area contributed by atoms with Gasteiger partial charge in [0.1, 0.15) is 5.82 Å². The quantitative estimate of drug-likeness (QED) is 0.898. The first-order chi connectivity index (χ1) is 9.83. The highest BCUT2D eigenvalue weighted by atomic mass is 32.2. The van der Waals surface area contributed by atoms with Crippen molar-refractivity contribution in [1.82, 2.24) is 5.32 Å². The third kappa shape index (κ3) is 3.98. The Hall–Kier alpha value is -1.07. The number of benzene rings is 1. The molecule has 1 fully saturated rings. The summed E-state index contributed by atoms with van der Waals surface area (Å²) in [7, 11) is 0. The molecule has 0 radical (unpaired) electrons. The second-order valence-electron chi connectivity index (χ2n) is 6.15. The minimum Gasteiger partial charge on any atom is -0.388 e. The first kappa shape index (κ1) is 16.3. The van der Waals surface area contributed by atoms with Crippen LogP contribution >= 0.6 is 11.8 Å². The molecule has 0 unspecified atom stereocenters. The number of carbonyl (C=O) groups excluding carboxylic acids is 1. The number of thioether (sulfide) groups is 1. The highest BCUT2D eigenvalue weighted by Crippen LogP contribution is 2.28. The van der Waals surface area contributed by atoms with Crippen molar-refractivity contribution in [3.63, 3.8) is 0 Å². The zero-order valence-electron chi connectivity index (χ0n) is 12.5. The summed E-state index contributed by atoms with van der Waals surface area (Å²) in [5, 5.41) is 13.2. The van der Waals surface area contributed by atoms with Crippen LogP contribution in [0.15, 0.2) is 24.3 Å². The van der Waals surface area contributed by atoms with Gasteiger partial charge in [0.25, 0.3) is 0 Å². The van der Waals surface area contributed by atoms with Gasteiger partial charge in [0.15, 0.2) is 0 Å². The third-order valence-electron chi connectivity index (χ3n) is 4.12. The smallest absolute Gasteiger partial charge is 0.230 e. The molecule has 21 heavy (non-hydrogen) atoms. The molecule has 1 heterocycles. The minimum absolute atomic E-state index is 0.195. The van der Waals surface area contributed by atoms with E-state index in [9.17, 15) is 14.3 Å². The first-order valence-electron chi connectivity index (χ1n) is 7.18. The molecule has 0 spiro atoms. The molecule has 0 atom stereocenters. The van der Waals surface area contributed by atoms with Crippen molar-refractivity contribution in [1.29, 1.82) is 0 Å². The fourth-order valence-corrected chi connectivity index (χ4v) is 3.65. The molecule has 1 aliphatic rings. The van der Waals surface area contributed by atoms with Gasteiger partial charge in [-0.1, -0.05) is 12.1 Å². The molecule has 1 amide bonds. The first-order valence-corrected chi connectivity index (χ1v) is 8.33. The summed E-state index contributed by atoms with van der Waals surface area (Å²) in [5.74, 6) is 1.29. The monoisotopic (exact) mass is 311 g/mol. The molecule has 1 saturated heterocycles. The van der Waals surface area contributed by atoms with E-state index in [4.69, 9.17) is 0 Å². The molecule has 2 rings (SSSR count). The van der Waals surface area contributed by atoms with Crippen molar-refractivity contribution in [3.05, 3.63) is 35.6 Å². The van der Waals surface area contributed by atoms with Crippen molar-refractivity contribution in [3.8, 4) is 0 Å². The molecule has 116 valence electrons. The van der Waals surface area contributed by atoms with E-state index in [0.717, 1.165) is 11.5 Å². The van der Waals surface area contributed by atoms with Crippen LogP contribution in [0.5, 0.6) is 0 Å². The number of hydrogen-bond donors (Lipinski definition) is 2. The Morgan fingerprint density at radius 2 is 2.10 bits per heavy atom. The van der Waals surface area contributed by atoms with Crippen molar-refractivity contribution < 1.29 is 14.3 Å². The molecule has 0 aliphatic carbocycles. The molecule has 1 aromatic rings. The SMILES string of the molecule is CC(C)(C(=O)NCC1(O)CCSCC1)c1cccc(F)c1. The van der Waals surface area contributed by atoms with Crippen molar-refractivity contribution in [2.75, 3.05) is 18.1 Å². The van der Waals surface area contributed by atoms with Crippen LogP contribution in [-0.2, 0) is 10.2 Å². The van der Waals surface area contributed by atoms with Gasteiger partial charge in [-0.15, -0.1) is 0 Å². The number of carbonyl (C=O) groups is 1. The molecule has 0 saturated carbocycles. The van der Waals surface area contributed by atoms with E-state index < -0.39 is 11.0 Å². The van der Waals surface area contributed by atoms with E-state index in [-0.39, 0.29) is 18.3 Å². The van der Waals surface area contributed by atoms with Gasteiger partial charge < -0.3 is 10.4 Å². The lowest BCUT2D eigenvalue weighted by Gasteiger charge is -2.33. The van der Waals surface area contributed by atoms with Gasteiger partial charge in [0.05, 0.1) is 11.0 Å². The number of rotatable bonds is 4. The third-order valence-corrected chi connectivity index (χ3v) is 5.10. The molecule has 0 aromatic heterocycles. The Balaban J connectivity index is 2.01. The topological polar surface area (TPSA) is 49.3 Å². The maximum Gasteiger partial charge on any atom is 0.230 e. The molecule has 2 N–H and O–H groups in total. The fraction of sp³-hybridized carbons (Fsp3) is 0.562. The van der Waals surface area contributed by atoms with Gasteiger partial charge >= 0.3 is 0 Å². The summed E-state index contributed by atoms with van der Waals surface area (Å²) in [5.41, 5.74) is -1.01. The molecule has 0 bridgehead atoms. The van der Waals surface area contributed by atoms with Crippen LogP contribution in [0.2, 0.25) is 0 Å². The number of nitrogens with one attached hydrogen (secondary N) is 1. The second kappa shape index (κ2) is 6.36. The van der Waals surface area contributed by atoms with Gasteiger partial charge in [-0.25, -0.2) is 4.39 Å². The predicted octanol–water partition coefficient (Wildman–Crippen LogP) is 2.48. The van der Waals surface area contributed by atoms with Crippen LogP contribution in [0.4, 0.5) is 4.39 Å². The highest BCUT2D eigenvalue weighted by molar-refractivity contribution is 7.99. The normalized spacial score (nSPS) is 18.3. The van der Waals surface area contributed by atoms with Crippen LogP contribution in [0.25, 0.3) is 0 Å². The Morgan fingerprint density at radius 1 is 1.43 bits per heavy atom. The van der Waals surface area contributed by atoms with E-state index in [0.29, 0.717) is 18.4 Å². The standard InChI is InChI=1S/C16H22FNO2S/c1-15(2,12-4-3-5-13(17)10-12)14(19)18-11-16(20)6-8-21-9-7-16/h3-5,10,20H,6-9,11H2,1-2H3,(H,18,19). The predicted molar refractivity (Wildman–Crippen MR) is 83.9 cm³/mol. The Bertz CT molecular complexity index is 513. The number of hydrogen-bond acceptors (Lipinski definition) is 3. The lowest BCUT2D eigenvalue weighted by molar-refractivity contribution is -0.127. The highest BCUT2D eigenvalue weighted by Gasteiger charge is 2.34. The Morgan fingerprint density at radius 3 is 2.71 bits per heavy atom. The van der Waals surface area contributed by atoms with E-state index in [2.05, 4.69) is 5.32 Å². The average Bonchev–Trinajstić information content (AvgIpc) is 2.45. The zero-order valence-corrected chi connectivity index (χ0v) is 13.3. The number of amides is 1. The van der Waals surface area contributed by atoms with E-state index in [1.54, 1.807) is 26.0 Å². The van der Waals surface area contributed by atoms with Gasteiger partial charge in [-0.2, -0.15) is 11.8 Å². The van der Waals surface area contributed by atoms with E-state index in [1.807, 2.05) is 11.8 Å². The van der Waals surface area contributed by atoms with Gasteiger partial charge in [-0.05, 0) is 55.9 Å². The van der Waals surface area contributed by atoms with Gasteiger partial charge in [-0.3, -0.25) is 4.79 Å². The summed E-state index contributed by atoms with van der Waals surface area (Å²) >= 11 is 1.82. The van der Waals surface area contributed by atoms with Crippen LogP contribution in [0.1, 0.15) is 32.3 Å². The minimum atomic E-state index is -0.831. The summed E-state index contributed by atoms with van der Waals surface area (Å²) in [4.78, 5) is 12.4. The average molecular weight is 311 g/mol. The molecule has 1 aliphatic heterocycles. The fourth-order valence-electron chi connectivity index (χ4n) is 2.40. The number of aliphatic hydroxyl groups is 1. The maximum absolute atomic E-state index is 13.3. The Kier molecular flexibility index (Phi) is 4.94. The van der Waals surface area contributed by atoms with Crippen LogP contribution < -0.4 is 5.32 Å². The molecule has 5 heteroatoms. The Labute approximate surface area is 129 Å². The lowest BCUT2D eigenvalue weighted by Crippen LogP contribution is -2.49. The molecule has 3 nitrogen and oxygen atoms in total. The second-order valence-corrected chi connectivity index (χ2v) is 7.38. The van der Waals surface area contributed by atoms with E-state index >= 15 is 0 Å². The van der Waals surface area contributed by atoms with Crippen molar-refractivity contribution in [2.24, 2.45) is 0 Å². The van der Waals surface area contributed by atoms with E-state index in [1.165, 1.54) is 12.1 Å². The summed E-state index contributed by atoms with van der Waals surface area (Å²) in [6, 6.07) is 6.09. The van der Waals surface area contributed by atoms with Gasteiger partial charge in [0.2, 0.25) is 5.91 Å². The van der Waals surface area contributed by atoms with Gasteiger partial charge in [0, 0.05) is 6.54 Å². The zero-order chi connectivity index (χ0) is 15.5.